The van der Waals surface area contributed by atoms with Crippen molar-refractivity contribution >= 4 is 34.0 Å². The minimum absolute atomic E-state index is 0.371. The molecule has 1 aromatic carbocycles. The third kappa shape index (κ3) is 2.11. The molecule has 5 heteroatoms. The van der Waals surface area contributed by atoms with Crippen molar-refractivity contribution in [2.45, 2.75) is 12.8 Å². The zero-order valence-electron chi connectivity index (χ0n) is 10.5. The number of rotatable bonds is 4. The van der Waals surface area contributed by atoms with E-state index in [4.69, 9.17) is 16.3 Å². The number of hydrogen-bond donors (Lipinski definition) is 0. The number of thiophene rings is 1. The average Bonchev–Trinajstić information content (AvgIpc) is 3.05. The highest BCUT2D eigenvalue weighted by molar-refractivity contribution is 7.08. The summed E-state index contributed by atoms with van der Waals surface area (Å²) < 4.78 is 7.72. The van der Waals surface area contributed by atoms with E-state index in [1.54, 1.807) is 11.3 Å². The third-order valence-corrected chi connectivity index (χ3v) is 3.81. The normalized spacial score (nSPS) is 11.1. The first-order valence-corrected chi connectivity index (χ1v) is 7.54. The lowest BCUT2D eigenvalue weighted by molar-refractivity contribution is 0.343. The van der Waals surface area contributed by atoms with Crippen LogP contribution in [0.3, 0.4) is 0 Å². The topological polar surface area (TPSA) is 27.1 Å². The molecular formula is C14H13ClN2OS. The van der Waals surface area contributed by atoms with Gasteiger partial charge in [-0.25, -0.2) is 4.98 Å². The first-order chi connectivity index (χ1) is 9.35. The van der Waals surface area contributed by atoms with Crippen LogP contribution in [0.15, 0.2) is 35.0 Å². The highest BCUT2D eigenvalue weighted by atomic mass is 35.5. The molecule has 0 saturated carbocycles. The van der Waals surface area contributed by atoms with Gasteiger partial charge in [-0.2, -0.15) is 11.3 Å². The first kappa shape index (κ1) is 12.5. The number of alkyl halides is 1. The van der Waals surface area contributed by atoms with Gasteiger partial charge in [-0.05, 0) is 30.5 Å². The number of aromatic nitrogens is 2. The monoisotopic (exact) mass is 292 g/mol. The maximum Gasteiger partial charge on any atom is 0.147 e. The second kappa shape index (κ2) is 5.23. The molecule has 2 aromatic heterocycles. The van der Waals surface area contributed by atoms with E-state index in [0.717, 1.165) is 28.3 Å². The van der Waals surface area contributed by atoms with Crippen molar-refractivity contribution in [2.75, 3.05) is 6.61 Å². The molecule has 2 heterocycles. The van der Waals surface area contributed by atoms with Crippen molar-refractivity contribution in [1.29, 1.82) is 0 Å². The predicted molar refractivity (Wildman–Crippen MR) is 79.7 cm³/mol. The Balaban J connectivity index is 2.28. The Kier molecular flexibility index (Phi) is 3.44. The van der Waals surface area contributed by atoms with Crippen molar-refractivity contribution in [3.05, 3.63) is 40.8 Å². The van der Waals surface area contributed by atoms with Gasteiger partial charge >= 0.3 is 0 Å². The van der Waals surface area contributed by atoms with Gasteiger partial charge in [0.05, 0.1) is 23.7 Å². The fourth-order valence-electron chi connectivity index (χ4n) is 2.16. The smallest absolute Gasteiger partial charge is 0.147 e. The fraction of sp³-hybridized carbons (Fsp3) is 0.214. The molecule has 0 aliphatic rings. The fourth-order valence-corrected chi connectivity index (χ4v) is 2.96. The Hall–Kier alpha value is -1.52. The molecule has 0 atom stereocenters. The van der Waals surface area contributed by atoms with Gasteiger partial charge in [0.25, 0.3) is 0 Å². The molecular weight excluding hydrogens is 280 g/mol. The second-order valence-corrected chi connectivity index (χ2v) is 5.08. The molecule has 0 aliphatic carbocycles. The summed E-state index contributed by atoms with van der Waals surface area (Å²) in [5.74, 6) is 2.01. The van der Waals surface area contributed by atoms with E-state index in [9.17, 15) is 0 Å². The SMILES string of the molecule is CCOc1cccc2c1nc(CCl)n2-c1ccsc1. The number of ether oxygens (including phenoxy) is 1. The van der Waals surface area contributed by atoms with E-state index in [0.29, 0.717) is 12.5 Å². The molecule has 0 fully saturated rings. The van der Waals surface area contributed by atoms with Crippen molar-refractivity contribution < 1.29 is 4.74 Å². The summed E-state index contributed by atoms with van der Waals surface area (Å²) in [5, 5.41) is 4.14. The molecule has 19 heavy (non-hydrogen) atoms. The summed E-state index contributed by atoms with van der Waals surface area (Å²) in [6.45, 7) is 2.60. The molecule has 3 aromatic rings. The van der Waals surface area contributed by atoms with Gasteiger partial charge in [0.1, 0.15) is 17.1 Å². The van der Waals surface area contributed by atoms with Crippen molar-refractivity contribution in [2.24, 2.45) is 0 Å². The lowest BCUT2D eigenvalue weighted by atomic mass is 10.3. The molecule has 3 nitrogen and oxygen atoms in total. The highest BCUT2D eigenvalue weighted by Gasteiger charge is 2.15. The van der Waals surface area contributed by atoms with Crippen LogP contribution in [0.2, 0.25) is 0 Å². The summed E-state index contributed by atoms with van der Waals surface area (Å²) in [5.41, 5.74) is 2.99. The predicted octanol–water partition coefficient (Wildman–Crippen LogP) is 4.22. The molecule has 98 valence electrons. The largest absolute Gasteiger partial charge is 0.492 e. The Morgan fingerprint density at radius 2 is 2.26 bits per heavy atom. The maximum atomic E-state index is 6.03. The molecule has 0 N–H and O–H groups in total. The van der Waals surface area contributed by atoms with Crippen molar-refractivity contribution in [1.82, 2.24) is 9.55 Å². The number of benzene rings is 1. The van der Waals surface area contributed by atoms with E-state index >= 15 is 0 Å². The Morgan fingerprint density at radius 1 is 1.37 bits per heavy atom. The van der Waals surface area contributed by atoms with Crippen LogP contribution in [-0.2, 0) is 5.88 Å². The average molecular weight is 293 g/mol. The van der Waals surface area contributed by atoms with Gasteiger partial charge in [-0.1, -0.05) is 6.07 Å². The van der Waals surface area contributed by atoms with Crippen molar-refractivity contribution in [3.63, 3.8) is 0 Å². The minimum Gasteiger partial charge on any atom is -0.492 e. The van der Waals surface area contributed by atoms with Gasteiger partial charge in [-0.3, -0.25) is 4.57 Å². The number of nitrogens with zero attached hydrogens (tertiary/aromatic N) is 2. The van der Waals surface area contributed by atoms with Gasteiger partial charge in [0.2, 0.25) is 0 Å². The van der Waals surface area contributed by atoms with Gasteiger partial charge in [0, 0.05) is 5.38 Å². The first-order valence-electron chi connectivity index (χ1n) is 6.06. The molecule has 0 bridgehead atoms. The molecule has 3 rings (SSSR count). The van der Waals surface area contributed by atoms with Crippen LogP contribution in [0, 0.1) is 0 Å². The van der Waals surface area contributed by atoms with E-state index < -0.39 is 0 Å². The lowest BCUT2D eigenvalue weighted by Gasteiger charge is -2.06. The van der Waals surface area contributed by atoms with Gasteiger partial charge in [0.15, 0.2) is 0 Å². The second-order valence-electron chi connectivity index (χ2n) is 4.04. The lowest BCUT2D eigenvalue weighted by Crippen LogP contribution is -1.97. The minimum atomic E-state index is 0.371. The van der Waals surface area contributed by atoms with Crippen molar-refractivity contribution in [3.8, 4) is 11.4 Å². The molecule has 0 unspecified atom stereocenters. The molecule has 0 radical (unpaired) electrons. The Bertz CT molecular complexity index is 691. The molecule has 0 spiro atoms. The third-order valence-electron chi connectivity index (χ3n) is 2.90. The zero-order chi connectivity index (χ0) is 13.2. The number of imidazole rings is 1. The number of hydrogen-bond acceptors (Lipinski definition) is 3. The van der Waals surface area contributed by atoms with Crippen LogP contribution in [0.4, 0.5) is 0 Å². The van der Waals surface area contributed by atoms with E-state index in [-0.39, 0.29) is 0 Å². The molecule has 0 saturated heterocycles. The number of halogens is 1. The van der Waals surface area contributed by atoms with Crippen LogP contribution in [0.25, 0.3) is 16.7 Å². The summed E-state index contributed by atoms with van der Waals surface area (Å²) in [4.78, 5) is 4.62. The van der Waals surface area contributed by atoms with Crippen LogP contribution < -0.4 is 4.74 Å². The highest BCUT2D eigenvalue weighted by Crippen LogP contribution is 2.29. The number of para-hydroxylation sites is 1. The molecule has 0 amide bonds. The number of fused-ring (bicyclic) bond motifs is 1. The van der Waals surface area contributed by atoms with Gasteiger partial charge in [-0.15, -0.1) is 11.6 Å². The Morgan fingerprint density at radius 3 is 2.95 bits per heavy atom. The van der Waals surface area contributed by atoms with Gasteiger partial charge < -0.3 is 4.74 Å². The van der Waals surface area contributed by atoms with E-state index in [1.807, 2.05) is 30.5 Å². The quantitative estimate of drug-likeness (QED) is 0.673. The maximum absolute atomic E-state index is 6.03. The van der Waals surface area contributed by atoms with Crippen LogP contribution in [0.5, 0.6) is 5.75 Å². The zero-order valence-corrected chi connectivity index (χ0v) is 12.0. The summed E-state index contributed by atoms with van der Waals surface area (Å²) in [6.07, 6.45) is 0. The van der Waals surface area contributed by atoms with Crippen LogP contribution in [-0.4, -0.2) is 16.2 Å². The Labute approximate surface area is 120 Å². The summed E-state index contributed by atoms with van der Waals surface area (Å²) in [7, 11) is 0. The standard InChI is InChI=1S/C14H13ClN2OS/c1-2-18-12-5-3-4-11-14(12)16-13(8-15)17(11)10-6-7-19-9-10/h3-7,9H,2,8H2,1H3. The van der Waals surface area contributed by atoms with E-state index in [1.165, 1.54) is 0 Å². The van der Waals surface area contributed by atoms with E-state index in [2.05, 4.69) is 21.0 Å². The molecule has 0 aliphatic heterocycles. The summed E-state index contributed by atoms with van der Waals surface area (Å²) >= 11 is 7.69. The summed E-state index contributed by atoms with van der Waals surface area (Å²) in [6, 6.07) is 8.03. The van der Waals surface area contributed by atoms with Crippen LogP contribution in [0.1, 0.15) is 12.7 Å². The van der Waals surface area contributed by atoms with Crippen LogP contribution >= 0.6 is 22.9 Å².